The van der Waals surface area contributed by atoms with E-state index in [1.807, 2.05) is 6.92 Å². The van der Waals surface area contributed by atoms with Crippen LogP contribution in [0.2, 0.25) is 0 Å². The Balaban J connectivity index is 1.96. The van der Waals surface area contributed by atoms with Crippen molar-refractivity contribution in [1.82, 2.24) is 5.32 Å². The molecule has 1 heterocycles. The van der Waals surface area contributed by atoms with Crippen LogP contribution >= 0.6 is 11.3 Å². The van der Waals surface area contributed by atoms with Gasteiger partial charge in [-0.3, -0.25) is 9.59 Å². The van der Waals surface area contributed by atoms with E-state index < -0.39 is 5.97 Å². The third-order valence-electron chi connectivity index (χ3n) is 3.37. The minimum atomic E-state index is -0.660. The van der Waals surface area contributed by atoms with Crippen molar-refractivity contribution in [2.75, 3.05) is 18.5 Å². The predicted octanol–water partition coefficient (Wildman–Crippen LogP) is 3.07. The molecular weight excluding hydrogens is 340 g/mol. The molecule has 0 aliphatic carbocycles. The van der Waals surface area contributed by atoms with Gasteiger partial charge in [0, 0.05) is 11.9 Å². The SMILES string of the molecule is CCCCNC(=O)COC(=O)c1ccccc1NC(=O)c1ccsc1. The normalized spacial score (nSPS) is 10.1. The number of ether oxygens (including phenoxy) is 1. The molecule has 0 aliphatic rings. The monoisotopic (exact) mass is 360 g/mol. The van der Waals surface area contributed by atoms with E-state index in [4.69, 9.17) is 4.74 Å². The van der Waals surface area contributed by atoms with Crippen LogP contribution in [-0.2, 0) is 9.53 Å². The van der Waals surface area contributed by atoms with E-state index in [1.165, 1.54) is 11.3 Å². The molecule has 1 aromatic heterocycles. The van der Waals surface area contributed by atoms with Gasteiger partial charge in [0.1, 0.15) is 0 Å². The van der Waals surface area contributed by atoms with Crippen LogP contribution in [0.4, 0.5) is 5.69 Å². The molecule has 0 bridgehead atoms. The summed E-state index contributed by atoms with van der Waals surface area (Å²) in [5, 5.41) is 8.88. The smallest absolute Gasteiger partial charge is 0.340 e. The van der Waals surface area contributed by atoms with Crippen molar-refractivity contribution in [3.8, 4) is 0 Å². The van der Waals surface area contributed by atoms with Gasteiger partial charge in [0.05, 0.1) is 16.8 Å². The minimum Gasteiger partial charge on any atom is -0.452 e. The number of anilines is 1. The van der Waals surface area contributed by atoms with Crippen LogP contribution in [0.5, 0.6) is 0 Å². The Labute approximate surface area is 150 Å². The quantitative estimate of drug-likeness (QED) is 0.560. The van der Waals surface area contributed by atoms with Crippen molar-refractivity contribution in [3.05, 3.63) is 52.2 Å². The standard InChI is InChI=1S/C18H20N2O4S/c1-2-3-9-19-16(21)11-24-18(23)14-6-4-5-7-15(14)20-17(22)13-8-10-25-12-13/h4-8,10,12H,2-3,9,11H2,1H3,(H,19,21)(H,20,22). The first-order valence-corrected chi connectivity index (χ1v) is 8.92. The fourth-order valence-corrected chi connectivity index (χ4v) is 2.66. The van der Waals surface area contributed by atoms with E-state index >= 15 is 0 Å². The number of amides is 2. The van der Waals surface area contributed by atoms with Gasteiger partial charge in [-0.15, -0.1) is 0 Å². The Morgan fingerprint density at radius 3 is 2.68 bits per heavy atom. The number of hydrogen-bond donors (Lipinski definition) is 2. The Hall–Kier alpha value is -2.67. The van der Waals surface area contributed by atoms with Crippen LogP contribution in [0, 0.1) is 0 Å². The van der Waals surface area contributed by atoms with E-state index in [-0.39, 0.29) is 24.0 Å². The van der Waals surface area contributed by atoms with Crippen molar-refractivity contribution >= 4 is 34.8 Å². The lowest BCUT2D eigenvalue weighted by molar-refractivity contribution is -0.124. The molecule has 0 aliphatic heterocycles. The summed E-state index contributed by atoms with van der Waals surface area (Å²) in [6.45, 7) is 2.23. The van der Waals surface area contributed by atoms with Gasteiger partial charge in [0.15, 0.2) is 6.61 Å². The molecule has 2 N–H and O–H groups in total. The van der Waals surface area contributed by atoms with E-state index in [2.05, 4.69) is 10.6 Å². The molecule has 0 radical (unpaired) electrons. The highest BCUT2D eigenvalue weighted by Crippen LogP contribution is 2.18. The summed E-state index contributed by atoms with van der Waals surface area (Å²) in [7, 11) is 0. The van der Waals surface area contributed by atoms with Crippen molar-refractivity contribution in [2.24, 2.45) is 0 Å². The first-order chi connectivity index (χ1) is 12.1. The number of rotatable bonds is 8. The third-order valence-corrected chi connectivity index (χ3v) is 4.05. The van der Waals surface area contributed by atoms with E-state index in [9.17, 15) is 14.4 Å². The summed E-state index contributed by atoms with van der Waals surface area (Å²) in [6.07, 6.45) is 1.84. The minimum absolute atomic E-state index is 0.201. The van der Waals surface area contributed by atoms with Crippen molar-refractivity contribution < 1.29 is 19.1 Å². The molecule has 132 valence electrons. The molecule has 0 atom stereocenters. The maximum absolute atomic E-state index is 12.2. The third kappa shape index (κ3) is 5.72. The topological polar surface area (TPSA) is 84.5 Å². The second-order valence-corrected chi connectivity index (χ2v) is 6.07. The zero-order valence-corrected chi connectivity index (χ0v) is 14.7. The molecule has 7 heteroatoms. The zero-order chi connectivity index (χ0) is 18.1. The van der Waals surface area contributed by atoms with Gasteiger partial charge in [-0.05, 0) is 30.0 Å². The number of carbonyl (C=O) groups excluding carboxylic acids is 3. The first-order valence-electron chi connectivity index (χ1n) is 7.98. The van der Waals surface area contributed by atoms with Crippen molar-refractivity contribution in [2.45, 2.75) is 19.8 Å². The van der Waals surface area contributed by atoms with Gasteiger partial charge in [-0.1, -0.05) is 25.5 Å². The summed E-state index contributed by atoms with van der Waals surface area (Å²) in [4.78, 5) is 36.0. The predicted molar refractivity (Wildman–Crippen MR) is 96.9 cm³/mol. The molecule has 0 unspecified atom stereocenters. The van der Waals surface area contributed by atoms with Crippen molar-refractivity contribution in [3.63, 3.8) is 0 Å². The van der Waals surface area contributed by atoms with Crippen LogP contribution in [-0.4, -0.2) is 30.9 Å². The maximum atomic E-state index is 12.2. The number of para-hydroxylation sites is 1. The highest BCUT2D eigenvalue weighted by atomic mass is 32.1. The number of nitrogens with one attached hydrogen (secondary N) is 2. The molecular formula is C18H20N2O4S. The summed E-state index contributed by atoms with van der Waals surface area (Å²) in [5.41, 5.74) is 1.06. The maximum Gasteiger partial charge on any atom is 0.340 e. The molecule has 0 saturated carbocycles. The highest BCUT2D eigenvalue weighted by molar-refractivity contribution is 7.08. The Bertz CT molecular complexity index is 728. The number of benzene rings is 1. The van der Waals surface area contributed by atoms with E-state index in [0.29, 0.717) is 17.8 Å². The van der Waals surface area contributed by atoms with Gasteiger partial charge in [-0.2, -0.15) is 11.3 Å². The Morgan fingerprint density at radius 1 is 1.16 bits per heavy atom. The fourth-order valence-electron chi connectivity index (χ4n) is 2.02. The van der Waals surface area contributed by atoms with E-state index in [0.717, 1.165) is 12.8 Å². The molecule has 0 saturated heterocycles. The molecule has 2 aromatic rings. The lowest BCUT2D eigenvalue weighted by atomic mass is 10.1. The molecule has 1 aromatic carbocycles. The lowest BCUT2D eigenvalue weighted by Crippen LogP contribution is -2.29. The van der Waals surface area contributed by atoms with Crippen LogP contribution in [0.3, 0.4) is 0 Å². The average molecular weight is 360 g/mol. The number of unbranched alkanes of at least 4 members (excludes halogenated alkanes) is 1. The van der Waals surface area contributed by atoms with Crippen LogP contribution in [0.25, 0.3) is 0 Å². The largest absolute Gasteiger partial charge is 0.452 e. The van der Waals surface area contributed by atoms with Crippen LogP contribution in [0.15, 0.2) is 41.1 Å². The van der Waals surface area contributed by atoms with E-state index in [1.54, 1.807) is 41.1 Å². The van der Waals surface area contributed by atoms with Gasteiger partial charge < -0.3 is 15.4 Å². The molecule has 6 nitrogen and oxygen atoms in total. The summed E-state index contributed by atoms with van der Waals surface area (Å²) < 4.78 is 5.03. The highest BCUT2D eigenvalue weighted by Gasteiger charge is 2.16. The zero-order valence-electron chi connectivity index (χ0n) is 13.9. The first kappa shape index (κ1) is 18.7. The van der Waals surface area contributed by atoms with Crippen molar-refractivity contribution in [1.29, 1.82) is 0 Å². The molecule has 2 amide bonds. The lowest BCUT2D eigenvalue weighted by Gasteiger charge is -2.10. The summed E-state index contributed by atoms with van der Waals surface area (Å²) >= 11 is 1.41. The average Bonchev–Trinajstić information content (AvgIpc) is 3.15. The fraction of sp³-hybridized carbons (Fsp3) is 0.278. The van der Waals surface area contributed by atoms with Gasteiger partial charge in [0.2, 0.25) is 0 Å². The second-order valence-electron chi connectivity index (χ2n) is 5.29. The summed E-state index contributed by atoms with van der Waals surface area (Å²) in [5.74, 6) is -1.31. The number of carbonyl (C=O) groups is 3. The number of esters is 1. The molecule has 0 spiro atoms. The number of thiophene rings is 1. The molecule has 2 rings (SSSR count). The van der Waals surface area contributed by atoms with Gasteiger partial charge in [0.25, 0.3) is 11.8 Å². The van der Waals surface area contributed by atoms with Gasteiger partial charge in [-0.25, -0.2) is 4.79 Å². The second kappa shape index (κ2) is 9.58. The summed E-state index contributed by atoms with van der Waals surface area (Å²) in [6, 6.07) is 8.22. The number of hydrogen-bond acceptors (Lipinski definition) is 5. The molecule has 25 heavy (non-hydrogen) atoms. The van der Waals surface area contributed by atoms with Gasteiger partial charge >= 0.3 is 5.97 Å². The molecule has 0 fully saturated rings. The van der Waals surface area contributed by atoms with Crippen LogP contribution < -0.4 is 10.6 Å². The van der Waals surface area contributed by atoms with Crippen LogP contribution in [0.1, 0.15) is 40.5 Å². The Morgan fingerprint density at radius 2 is 1.96 bits per heavy atom. The Kier molecular flexibility index (Phi) is 7.16.